The van der Waals surface area contributed by atoms with Crippen molar-refractivity contribution in [3.05, 3.63) is 10.8 Å². The van der Waals surface area contributed by atoms with Crippen LogP contribution in [0.1, 0.15) is 20.8 Å². The van der Waals surface area contributed by atoms with Gasteiger partial charge in [-0.25, -0.2) is 0 Å². The summed E-state index contributed by atoms with van der Waals surface area (Å²) < 4.78 is 10.8. The van der Waals surface area contributed by atoms with E-state index in [1.54, 1.807) is 0 Å². The van der Waals surface area contributed by atoms with Crippen LogP contribution in [-0.4, -0.2) is 17.8 Å². The lowest BCUT2D eigenvalue weighted by molar-refractivity contribution is -0.0635. The predicted octanol–water partition coefficient (Wildman–Crippen LogP) is 2.85. The van der Waals surface area contributed by atoms with Crippen molar-refractivity contribution in [2.24, 2.45) is 0 Å². The van der Waals surface area contributed by atoms with Gasteiger partial charge < -0.3 is 9.47 Å². The Hall–Kier alpha value is 0.0800. The van der Waals surface area contributed by atoms with Crippen molar-refractivity contribution in [2.45, 2.75) is 32.7 Å². The Balaban J connectivity index is 2.92. The summed E-state index contributed by atoms with van der Waals surface area (Å²) in [6, 6.07) is 0. The first-order chi connectivity index (χ1) is 5.47. The number of halogens is 2. The fourth-order valence-corrected chi connectivity index (χ4v) is 1.65. The van der Waals surface area contributed by atoms with Crippen LogP contribution in [0.5, 0.6) is 0 Å². The van der Waals surface area contributed by atoms with Crippen LogP contribution in [0.25, 0.3) is 0 Å². The van der Waals surface area contributed by atoms with Crippen molar-refractivity contribution in [3.8, 4) is 0 Å². The van der Waals surface area contributed by atoms with Gasteiger partial charge in [0.2, 0.25) is 0 Å². The van der Waals surface area contributed by atoms with Gasteiger partial charge in [-0.3, -0.25) is 0 Å². The zero-order chi connectivity index (χ0) is 9.35. The molecule has 4 heteroatoms. The molecule has 0 aromatic rings. The Bertz CT molecular complexity index is 211. The summed E-state index contributed by atoms with van der Waals surface area (Å²) in [6.45, 7) is 5.63. The van der Waals surface area contributed by atoms with E-state index in [1.807, 2.05) is 20.8 Å². The molecule has 0 aliphatic carbocycles. The number of alkyl halides is 1. The molecule has 0 bridgehead atoms. The number of rotatable bonds is 1. The van der Waals surface area contributed by atoms with Crippen molar-refractivity contribution in [1.29, 1.82) is 0 Å². The summed E-state index contributed by atoms with van der Waals surface area (Å²) in [7, 11) is 0. The molecular weight excluding hydrogens is 199 g/mol. The lowest BCUT2D eigenvalue weighted by Gasteiger charge is -2.16. The van der Waals surface area contributed by atoms with Crippen molar-refractivity contribution in [1.82, 2.24) is 0 Å². The first-order valence-corrected chi connectivity index (χ1v) is 4.68. The van der Waals surface area contributed by atoms with Crippen molar-refractivity contribution in [2.75, 3.05) is 5.88 Å². The van der Waals surface area contributed by atoms with E-state index in [-0.39, 0.29) is 12.2 Å². The quantitative estimate of drug-likeness (QED) is 0.621. The van der Waals surface area contributed by atoms with E-state index in [2.05, 4.69) is 0 Å². The molecule has 0 spiro atoms. The average Bonchev–Trinajstić information content (AvgIpc) is 2.23. The minimum Gasteiger partial charge on any atom is -0.465 e. The maximum atomic E-state index is 5.86. The van der Waals surface area contributed by atoms with Gasteiger partial charge in [0, 0.05) is 0 Å². The van der Waals surface area contributed by atoms with Crippen molar-refractivity contribution in [3.63, 3.8) is 0 Å². The van der Waals surface area contributed by atoms with Gasteiger partial charge in [-0.15, -0.1) is 11.6 Å². The molecule has 1 saturated heterocycles. The minimum atomic E-state index is -0.453. The maximum absolute atomic E-state index is 5.86. The molecule has 1 aliphatic rings. The molecule has 1 fully saturated rings. The summed E-state index contributed by atoms with van der Waals surface area (Å²) in [4.78, 5) is 0. The van der Waals surface area contributed by atoms with Gasteiger partial charge in [0.15, 0.2) is 6.29 Å². The maximum Gasteiger partial charge on any atom is 0.197 e. The lowest BCUT2D eigenvalue weighted by atomic mass is 10.1. The van der Waals surface area contributed by atoms with Crippen LogP contribution >= 0.6 is 23.2 Å². The van der Waals surface area contributed by atoms with Gasteiger partial charge in [0.1, 0.15) is 11.4 Å². The molecule has 0 aromatic carbocycles. The average molecular weight is 211 g/mol. The fourth-order valence-electron chi connectivity index (χ4n) is 1.25. The standard InChI is InChI=1S/C8H12Cl2O2/c1-5-11-7(6(10)4-9)8(2,3)12-5/h5H,4H2,1-3H3. The second kappa shape index (κ2) is 3.44. The zero-order valence-corrected chi connectivity index (χ0v) is 8.87. The number of hydrogen-bond acceptors (Lipinski definition) is 2. The fraction of sp³-hybridized carbons (Fsp3) is 0.750. The molecular formula is C8H12Cl2O2. The summed E-state index contributed by atoms with van der Waals surface area (Å²) in [6.07, 6.45) is -0.244. The van der Waals surface area contributed by atoms with Crippen LogP contribution in [0.2, 0.25) is 0 Å². The number of hydrogen-bond donors (Lipinski definition) is 0. The Morgan fingerprint density at radius 1 is 1.58 bits per heavy atom. The highest BCUT2D eigenvalue weighted by molar-refractivity contribution is 6.36. The molecule has 70 valence electrons. The van der Waals surface area contributed by atoms with E-state index in [4.69, 9.17) is 32.7 Å². The summed E-state index contributed by atoms with van der Waals surface area (Å²) in [5.74, 6) is 0.905. The van der Waals surface area contributed by atoms with Gasteiger partial charge in [-0.05, 0) is 20.8 Å². The second-order valence-corrected chi connectivity index (χ2v) is 3.90. The molecule has 0 saturated carbocycles. The largest absolute Gasteiger partial charge is 0.465 e. The van der Waals surface area contributed by atoms with Gasteiger partial charge in [0.25, 0.3) is 0 Å². The van der Waals surface area contributed by atoms with Crippen LogP contribution in [0, 0.1) is 0 Å². The highest BCUT2D eigenvalue weighted by Crippen LogP contribution is 2.35. The smallest absolute Gasteiger partial charge is 0.197 e. The van der Waals surface area contributed by atoms with Crippen LogP contribution in [0.4, 0.5) is 0 Å². The molecule has 1 aliphatic heterocycles. The third-order valence-corrected chi connectivity index (χ3v) is 2.36. The molecule has 0 N–H and O–H groups in total. The molecule has 12 heavy (non-hydrogen) atoms. The van der Waals surface area contributed by atoms with Crippen LogP contribution in [-0.2, 0) is 9.47 Å². The summed E-state index contributed by atoms with van der Waals surface area (Å²) in [5, 5.41) is 0.519. The first kappa shape index (κ1) is 10.2. The number of allylic oxidation sites excluding steroid dienone is 1. The van der Waals surface area contributed by atoms with E-state index in [0.29, 0.717) is 10.8 Å². The van der Waals surface area contributed by atoms with Crippen LogP contribution < -0.4 is 0 Å². The lowest BCUT2D eigenvalue weighted by Crippen LogP contribution is -2.21. The van der Waals surface area contributed by atoms with E-state index in [9.17, 15) is 0 Å². The molecule has 0 aromatic heterocycles. The van der Waals surface area contributed by atoms with Gasteiger partial charge in [0.05, 0.1) is 10.9 Å². The Labute approximate surface area is 82.4 Å². The van der Waals surface area contributed by atoms with Gasteiger partial charge >= 0.3 is 0 Å². The first-order valence-electron chi connectivity index (χ1n) is 3.77. The van der Waals surface area contributed by atoms with Gasteiger partial charge in [-0.2, -0.15) is 0 Å². The predicted molar refractivity (Wildman–Crippen MR) is 49.3 cm³/mol. The third-order valence-electron chi connectivity index (χ3n) is 1.65. The second-order valence-electron chi connectivity index (χ2n) is 3.18. The number of ether oxygens (including phenoxy) is 2. The van der Waals surface area contributed by atoms with Crippen LogP contribution in [0.3, 0.4) is 0 Å². The molecule has 0 amide bonds. The Morgan fingerprint density at radius 2 is 2.17 bits per heavy atom. The zero-order valence-electron chi connectivity index (χ0n) is 7.36. The van der Waals surface area contributed by atoms with Crippen molar-refractivity contribution >= 4 is 23.2 Å². The van der Waals surface area contributed by atoms with E-state index < -0.39 is 5.60 Å². The van der Waals surface area contributed by atoms with Crippen LogP contribution in [0.15, 0.2) is 10.8 Å². The molecule has 1 atom stereocenters. The van der Waals surface area contributed by atoms with Crippen molar-refractivity contribution < 1.29 is 9.47 Å². The molecule has 2 nitrogen and oxygen atoms in total. The normalized spacial score (nSPS) is 31.6. The molecule has 1 rings (SSSR count). The molecule has 1 heterocycles. The van der Waals surface area contributed by atoms with E-state index >= 15 is 0 Å². The summed E-state index contributed by atoms with van der Waals surface area (Å²) >= 11 is 11.4. The highest BCUT2D eigenvalue weighted by Gasteiger charge is 2.38. The minimum absolute atomic E-state index is 0.244. The highest BCUT2D eigenvalue weighted by atomic mass is 35.5. The Kier molecular flexibility index (Phi) is 2.92. The summed E-state index contributed by atoms with van der Waals surface area (Å²) in [5.41, 5.74) is -0.453. The Morgan fingerprint density at radius 3 is 2.50 bits per heavy atom. The molecule has 1 unspecified atom stereocenters. The molecule has 0 radical (unpaired) electrons. The topological polar surface area (TPSA) is 18.5 Å². The SMILES string of the molecule is CC1OC(=C(Cl)CCl)C(C)(C)O1. The van der Waals surface area contributed by atoms with E-state index in [1.165, 1.54) is 0 Å². The van der Waals surface area contributed by atoms with E-state index in [0.717, 1.165) is 0 Å². The monoisotopic (exact) mass is 210 g/mol. The van der Waals surface area contributed by atoms with Gasteiger partial charge in [-0.1, -0.05) is 11.6 Å². The third kappa shape index (κ3) is 1.87.